The molecule has 1 amide bonds. The van der Waals surface area contributed by atoms with Gasteiger partial charge in [-0.05, 0) is 49.2 Å². The molecule has 1 atom stereocenters. The van der Waals surface area contributed by atoms with Crippen LogP contribution in [-0.2, 0) is 4.74 Å². The summed E-state index contributed by atoms with van der Waals surface area (Å²) in [5, 5.41) is 4.64. The van der Waals surface area contributed by atoms with Gasteiger partial charge in [-0.25, -0.2) is 0 Å². The van der Waals surface area contributed by atoms with E-state index in [1.807, 2.05) is 12.1 Å². The van der Waals surface area contributed by atoms with Gasteiger partial charge in [-0.3, -0.25) is 9.69 Å². The molecule has 1 aliphatic rings. The number of carbonyl (C=O) groups excluding carboxylic acids is 1. The largest absolute Gasteiger partial charge is 0.459 e. The van der Waals surface area contributed by atoms with Gasteiger partial charge in [0.2, 0.25) is 0 Å². The van der Waals surface area contributed by atoms with Crippen LogP contribution in [0.25, 0.3) is 0 Å². The molecule has 0 aliphatic carbocycles. The molecule has 2 aromatic heterocycles. The average molecular weight is 431 g/mol. The van der Waals surface area contributed by atoms with Crippen molar-refractivity contribution in [2.24, 2.45) is 0 Å². The molecule has 0 radical (unpaired) electrons. The molecule has 1 saturated heterocycles. The summed E-state index contributed by atoms with van der Waals surface area (Å²) in [6, 6.07) is 11.3. The van der Waals surface area contributed by atoms with E-state index in [-0.39, 0.29) is 11.9 Å². The second kappa shape index (κ2) is 8.71. The molecule has 5 nitrogen and oxygen atoms in total. The van der Waals surface area contributed by atoms with Gasteiger partial charge in [0.05, 0.1) is 25.5 Å². The maximum Gasteiger partial charge on any atom is 0.291 e. The lowest BCUT2D eigenvalue weighted by Gasteiger charge is -2.35. The first kappa shape index (κ1) is 20.2. The van der Waals surface area contributed by atoms with Crippen LogP contribution in [0.2, 0.25) is 5.02 Å². The van der Waals surface area contributed by atoms with Crippen LogP contribution >= 0.6 is 22.9 Å². The van der Waals surface area contributed by atoms with E-state index in [1.54, 1.807) is 23.5 Å². The maximum absolute atomic E-state index is 12.7. The Bertz CT molecular complexity index is 976. The summed E-state index contributed by atoms with van der Waals surface area (Å²) < 4.78 is 10.8. The fourth-order valence-corrected chi connectivity index (χ4v) is 4.89. The molecule has 1 unspecified atom stereocenters. The van der Waals surface area contributed by atoms with Gasteiger partial charge in [0.25, 0.3) is 5.91 Å². The van der Waals surface area contributed by atoms with Gasteiger partial charge in [0, 0.05) is 28.6 Å². The molecule has 7 heteroatoms. The lowest BCUT2D eigenvalue weighted by atomic mass is 9.94. The van der Waals surface area contributed by atoms with Crippen molar-refractivity contribution in [2.75, 3.05) is 31.6 Å². The third kappa shape index (κ3) is 4.26. The van der Waals surface area contributed by atoms with Gasteiger partial charge < -0.3 is 14.5 Å². The molecule has 1 N–H and O–H groups in total. The summed E-state index contributed by atoms with van der Waals surface area (Å²) in [6.45, 7) is 7.25. The van der Waals surface area contributed by atoms with Crippen molar-refractivity contribution in [3.8, 4) is 0 Å². The van der Waals surface area contributed by atoms with Gasteiger partial charge in [0.1, 0.15) is 5.00 Å². The molecule has 4 rings (SSSR count). The molecular formula is C22H23ClN2O3S. The Morgan fingerprint density at radius 2 is 1.90 bits per heavy atom. The van der Waals surface area contributed by atoms with Crippen LogP contribution in [-0.4, -0.2) is 37.1 Å². The van der Waals surface area contributed by atoms with Gasteiger partial charge in [-0.15, -0.1) is 11.3 Å². The summed E-state index contributed by atoms with van der Waals surface area (Å²) in [6.07, 6.45) is 1.50. The number of rotatable bonds is 5. The summed E-state index contributed by atoms with van der Waals surface area (Å²) in [5.74, 6) is 0.0587. The zero-order valence-corrected chi connectivity index (χ0v) is 18.0. The number of ether oxygens (including phenoxy) is 1. The zero-order chi connectivity index (χ0) is 20.4. The smallest absolute Gasteiger partial charge is 0.291 e. The van der Waals surface area contributed by atoms with Crippen molar-refractivity contribution >= 4 is 33.8 Å². The van der Waals surface area contributed by atoms with E-state index < -0.39 is 0 Å². The standard InChI is InChI=1S/C22H23ClN2O3S/c1-14-15(2)29-22(24-21(26)18-4-3-11-28-18)19(14)20(25-9-12-27-13-10-25)16-5-7-17(23)8-6-16/h3-8,11,20H,9-10,12-13H2,1-2H3,(H,24,26). The molecule has 1 aromatic carbocycles. The Morgan fingerprint density at radius 3 is 2.55 bits per heavy atom. The van der Waals surface area contributed by atoms with Gasteiger partial charge in [0.15, 0.2) is 5.76 Å². The number of halogens is 1. The number of aryl methyl sites for hydroxylation is 1. The number of furan rings is 1. The third-order valence-electron chi connectivity index (χ3n) is 5.27. The van der Waals surface area contributed by atoms with E-state index >= 15 is 0 Å². The molecular weight excluding hydrogens is 408 g/mol. The number of carbonyl (C=O) groups is 1. The predicted molar refractivity (Wildman–Crippen MR) is 116 cm³/mol. The van der Waals surface area contributed by atoms with Crippen LogP contribution in [0.1, 0.15) is 38.2 Å². The highest BCUT2D eigenvalue weighted by molar-refractivity contribution is 7.16. The van der Waals surface area contributed by atoms with Gasteiger partial charge >= 0.3 is 0 Å². The van der Waals surface area contributed by atoms with E-state index in [1.165, 1.54) is 16.7 Å². The molecule has 3 heterocycles. The quantitative estimate of drug-likeness (QED) is 0.597. The first-order chi connectivity index (χ1) is 14.0. The highest BCUT2D eigenvalue weighted by atomic mass is 35.5. The normalized spacial score (nSPS) is 16.0. The lowest BCUT2D eigenvalue weighted by Crippen LogP contribution is -2.39. The minimum atomic E-state index is -0.241. The molecule has 1 fully saturated rings. The number of thiophene rings is 1. The Hall–Kier alpha value is -2.12. The van der Waals surface area contributed by atoms with Crippen LogP contribution in [0, 0.1) is 13.8 Å². The minimum absolute atomic E-state index is 0.00742. The first-order valence-corrected chi connectivity index (χ1v) is 10.8. The topological polar surface area (TPSA) is 54.7 Å². The molecule has 0 spiro atoms. The Balaban J connectivity index is 1.77. The Kier molecular flexibility index (Phi) is 6.06. The summed E-state index contributed by atoms with van der Waals surface area (Å²) in [4.78, 5) is 16.3. The molecule has 1 aliphatic heterocycles. The fraction of sp³-hybridized carbons (Fsp3) is 0.318. The third-order valence-corrected chi connectivity index (χ3v) is 6.66. The summed E-state index contributed by atoms with van der Waals surface area (Å²) in [7, 11) is 0. The number of nitrogens with one attached hydrogen (secondary N) is 1. The maximum atomic E-state index is 12.7. The van der Waals surface area contributed by atoms with E-state index in [4.69, 9.17) is 20.8 Å². The zero-order valence-electron chi connectivity index (χ0n) is 16.4. The van der Waals surface area contributed by atoms with E-state index in [0.29, 0.717) is 24.0 Å². The fourth-order valence-electron chi connectivity index (χ4n) is 3.68. The SMILES string of the molecule is Cc1sc(NC(=O)c2ccco2)c(C(c2ccc(Cl)cc2)N2CCOCC2)c1C. The van der Waals surface area contributed by atoms with E-state index in [0.717, 1.165) is 29.2 Å². The highest BCUT2D eigenvalue weighted by Gasteiger charge is 2.30. The van der Waals surface area contributed by atoms with Crippen LogP contribution in [0.5, 0.6) is 0 Å². The van der Waals surface area contributed by atoms with Crippen molar-refractivity contribution in [1.82, 2.24) is 4.90 Å². The number of anilines is 1. The molecule has 29 heavy (non-hydrogen) atoms. The average Bonchev–Trinajstić information content (AvgIpc) is 3.35. The van der Waals surface area contributed by atoms with Crippen LogP contribution in [0.3, 0.4) is 0 Å². The van der Waals surface area contributed by atoms with Crippen molar-refractivity contribution in [3.63, 3.8) is 0 Å². The van der Waals surface area contributed by atoms with Crippen molar-refractivity contribution in [1.29, 1.82) is 0 Å². The van der Waals surface area contributed by atoms with Gasteiger partial charge in [-0.2, -0.15) is 0 Å². The van der Waals surface area contributed by atoms with Crippen molar-refractivity contribution in [2.45, 2.75) is 19.9 Å². The number of nitrogens with zero attached hydrogens (tertiary/aromatic N) is 1. The molecule has 152 valence electrons. The summed E-state index contributed by atoms with van der Waals surface area (Å²) in [5.41, 5.74) is 3.46. The number of benzene rings is 1. The number of amides is 1. The van der Waals surface area contributed by atoms with Crippen LogP contribution < -0.4 is 5.32 Å². The minimum Gasteiger partial charge on any atom is -0.459 e. The Labute approximate surface area is 179 Å². The second-order valence-electron chi connectivity index (χ2n) is 7.06. The molecule has 3 aromatic rings. The Morgan fingerprint density at radius 1 is 1.17 bits per heavy atom. The monoisotopic (exact) mass is 430 g/mol. The van der Waals surface area contributed by atoms with Crippen molar-refractivity contribution in [3.05, 3.63) is 75.0 Å². The number of morpholine rings is 1. The van der Waals surface area contributed by atoms with Gasteiger partial charge in [-0.1, -0.05) is 23.7 Å². The highest BCUT2D eigenvalue weighted by Crippen LogP contribution is 2.42. The lowest BCUT2D eigenvalue weighted by molar-refractivity contribution is 0.0240. The molecule has 0 bridgehead atoms. The van der Waals surface area contributed by atoms with E-state index in [2.05, 4.69) is 36.2 Å². The van der Waals surface area contributed by atoms with Crippen LogP contribution in [0.4, 0.5) is 5.00 Å². The summed E-state index contributed by atoms with van der Waals surface area (Å²) >= 11 is 7.74. The van der Waals surface area contributed by atoms with Crippen molar-refractivity contribution < 1.29 is 13.9 Å². The second-order valence-corrected chi connectivity index (χ2v) is 8.72. The number of hydrogen-bond donors (Lipinski definition) is 1. The molecule has 0 saturated carbocycles. The number of hydrogen-bond acceptors (Lipinski definition) is 5. The predicted octanol–water partition coefficient (Wildman–Crippen LogP) is 5.29. The first-order valence-electron chi connectivity index (χ1n) is 9.56. The van der Waals surface area contributed by atoms with Crippen LogP contribution in [0.15, 0.2) is 47.1 Å². The van der Waals surface area contributed by atoms with E-state index in [9.17, 15) is 4.79 Å².